The summed E-state index contributed by atoms with van der Waals surface area (Å²) in [6.45, 7) is 1.85. The lowest BCUT2D eigenvalue weighted by Crippen LogP contribution is -2.30. The average Bonchev–Trinajstić information content (AvgIpc) is 2.82. The monoisotopic (exact) mass is 252 g/mol. The van der Waals surface area contributed by atoms with Crippen LogP contribution in [0.4, 0.5) is 0 Å². The van der Waals surface area contributed by atoms with Crippen LogP contribution in [0.2, 0.25) is 0 Å². The third-order valence-corrected chi connectivity index (χ3v) is 2.85. The van der Waals surface area contributed by atoms with Crippen LogP contribution in [-0.2, 0) is 0 Å². The van der Waals surface area contributed by atoms with Crippen LogP contribution in [0.25, 0.3) is 0 Å². The highest BCUT2D eigenvalue weighted by Gasteiger charge is 2.23. The third-order valence-electron chi connectivity index (χ3n) is 2.85. The predicted octanol–water partition coefficient (Wildman–Crippen LogP) is 0.958. The van der Waals surface area contributed by atoms with Gasteiger partial charge in [0.1, 0.15) is 12.1 Å². The lowest BCUT2D eigenvalue weighted by molar-refractivity contribution is 0.492. The quantitative estimate of drug-likeness (QED) is 0.875. The van der Waals surface area contributed by atoms with Crippen molar-refractivity contribution >= 4 is 0 Å². The Morgan fingerprint density at radius 1 is 1.26 bits per heavy atom. The van der Waals surface area contributed by atoms with Gasteiger partial charge in [0.2, 0.25) is 0 Å². The summed E-state index contributed by atoms with van der Waals surface area (Å²) in [6, 6.07) is 7.08. The number of hydrogen-bond acceptors (Lipinski definition) is 5. The van der Waals surface area contributed by atoms with Crippen LogP contribution in [0, 0.1) is 22.7 Å². The Hall–Kier alpha value is -2.70. The predicted molar refractivity (Wildman–Crippen MR) is 67.7 cm³/mol. The number of rotatable bonds is 3. The Kier molecular flexibility index (Phi) is 3.56. The molecule has 19 heavy (non-hydrogen) atoms. The van der Waals surface area contributed by atoms with Gasteiger partial charge in [-0.3, -0.25) is 4.98 Å². The Morgan fingerprint density at radius 2 is 1.95 bits per heavy atom. The van der Waals surface area contributed by atoms with E-state index in [0.29, 0.717) is 0 Å². The van der Waals surface area contributed by atoms with Gasteiger partial charge in [0, 0.05) is 18.4 Å². The normalized spacial score (nSPS) is 13.3. The molecule has 0 aliphatic carbocycles. The molecular weight excluding hydrogens is 240 g/mol. The number of aromatic nitrogens is 3. The van der Waals surface area contributed by atoms with E-state index in [1.807, 2.05) is 31.2 Å². The highest BCUT2D eigenvalue weighted by molar-refractivity contribution is 5.38. The summed E-state index contributed by atoms with van der Waals surface area (Å²) in [7, 11) is 0. The van der Waals surface area contributed by atoms with Crippen molar-refractivity contribution in [3.05, 3.63) is 47.8 Å². The molecule has 0 saturated heterocycles. The van der Waals surface area contributed by atoms with Crippen molar-refractivity contribution in [2.45, 2.75) is 19.0 Å². The number of nitriles is 2. The molecule has 0 bridgehead atoms. The van der Waals surface area contributed by atoms with Crippen molar-refractivity contribution in [3.8, 4) is 12.1 Å². The first-order valence-corrected chi connectivity index (χ1v) is 5.71. The van der Waals surface area contributed by atoms with Gasteiger partial charge in [-0.2, -0.15) is 10.5 Å². The SMILES string of the molecule is CC(N)C(c1ccncc1)n1cnc(C#N)c1C#N. The fourth-order valence-corrected chi connectivity index (χ4v) is 2.04. The highest BCUT2D eigenvalue weighted by Crippen LogP contribution is 2.23. The minimum absolute atomic E-state index is 0.113. The van der Waals surface area contributed by atoms with E-state index >= 15 is 0 Å². The largest absolute Gasteiger partial charge is 0.326 e. The number of pyridine rings is 1. The topological polar surface area (TPSA) is 104 Å². The van der Waals surface area contributed by atoms with E-state index in [9.17, 15) is 5.26 Å². The number of nitrogens with zero attached hydrogens (tertiary/aromatic N) is 5. The number of nitrogens with two attached hydrogens (primary N) is 1. The summed E-state index contributed by atoms with van der Waals surface area (Å²) < 4.78 is 1.64. The molecule has 6 heteroatoms. The third kappa shape index (κ3) is 2.30. The maximum Gasteiger partial charge on any atom is 0.176 e. The molecule has 0 spiro atoms. The Bertz CT molecular complexity index is 644. The van der Waals surface area contributed by atoms with Crippen LogP contribution in [0.5, 0.6) is 0 Å². The van der Waals surface area contributed by atoms with Crippen molar-refractivity contribution in [2.24, 2.45) is 5.73 Å². The van der Waals surface area contributed by atoms with Gasteiger partial charge in [-0.15, -0.1) is 0 Å². The van der Waals surface area contributed by atoms with Crippen LogP contribution in [0.3, 0.4) is 0 Å². The van der Waals surface area contributed by atoms with E-state index < -0.39 is 0 Å². The first-order valence-electron chi connectivity index (χ1n) is 5.71. The molecule has 0 aliphatic heterocycles. The molecule has 2 heterocycles. The van der Waals surface area contributed by atoms with E-state index in [-0.39, 0.29) is 23.5 Å². The molecule has 0 aromatic carbocycles. The molecule has 0 amide bonds. The molecule has 2 rings (SSSR count). The molecule has 2 aromatic rings. The lowest BCUT2D eigenvalue weighted by atomic mass is 10.0. The number of hydrogen-bond donors (Lipinski definition) is 1. The first-order chi connectivity index (χ1) is 9.19. The van der Waals surface area contributed by atoms with Gasteiger partial charge in [-0.25, -0.2) is 4.98 Å². The lowest BCUT2D eigenvalue weighted by Gasteiger charge is -2.23. The van der Waals surface area contributed by atoms with E-state index in [1.54, 1.807) is 17.0 Å². The van der Waals surface area contributed by atoms with Gasteiger partial charge in [0.05, 0.1) is 12.4 Å². The minimum Gasteiger partial charge on any atom is -0.326 e. The van der Waals surface area contributed by atoms with E-state index in [0.717, 1.165) is 5.56 Å². The fourth-order valence-electron chi connectivity index (χ4n) is 2.04. The second kappa shape index (κ2) is 5.30. The summed E-state index contributed by atoms with van der Waals surface area (Å²) in [6.07, 6.45) is 4.81. The van der Waals surface area contributed by atoms with E-state index in [4.69, 9.17) is 11.0 Å². The van der Waals surface area contributed by atoms with Crippen LogP contribution in [0.1, 0.15) is 29.9 Å². The second-order valence-corrected chi connectivity index (χ2v) is 4.16. The highest BCUT2D eigenvalue weighted by atomic mass is 15.1. The zero-order chi connectivity index (χ0) is 13.8. The van der Waals surface area contributed by atoms with Gasteiger partial charge < -0.3 is 10.3 Å². The smallest absolute Gasteiger partial charge is 0.176 e. The van der Waals surface area contributed by atoms with Crippen molar-refractivity contribution in [1.82, 2.24) is 14.5 Å². The maximum absolute atomic E-state index is 9.18. The standard InChI is InChI=1S/C13H12N6/c1-9(16)13(10-2-4-17-5-3-10)19-8-18-11(6-14)12(19)7-15/h2-5,8-9,13H,16H2,1H3. The van der Waals surface area contributed by atoms with E-state index in [1.165, 1.54) is 6.33 Å². The molecule has 2 N–H and O–H groups in total. The van der Waals surface area contributed by atoms with Crippen LogP contribution < -0.4 is 5.73 Å². The fraction of sp³-hybridized carbons (Fsp3) is 0.231. The summed E-state index contributed by atoms with van der Waals surface area (Å²) in [5.41, 5.74) is 7.27. The van der Waals surface area contributed by atoms with Crippen LogP contribution >= 0.6 is 0 Å². The van der Waals surface area contributed by atoms with Crippen LogP contribution in [0.15, 0.2) is 30.9 Å². The van der Waals surface area contributed by atoms with Crippen molar-refractivity contribution in [1.29, 1.82) is 10.5 Å². The maximum atomic E-state index is 9.18. The molecule has 0 fully saturated rings. The van der Waals surface area contributed by atoms with Gasteiger partial charge >= 0.3 is 0 Å². The zero-order valence-electron chi connectivity index (χ0n) is 10.4. The molecule has 94 valence electrons. The van der Waals surface area contributed by atoms with Crippen molar-refractivity contribution in [2.75, 3.05) is 0 Å². The molecule has 6 nitrogen and oxygen atoms in total. The van der Waals surface area contributed by atoms with Gasteiger partial charge in [-0.05, 0) is 24.6 Å². The second-order valence-electron chi connectivity index (χ2n) is 4.16. The molecular formula is C13H12N6. The van der Waals surface area contributed by atoms with E-state index in [2.05, 4.69) is 9.97 Å². The molecule has 0 saturated carbocycles. The Morgan fingerprint density at radius 3 is 2.47 bits per heavy atom. The van der Waals surface area contributed by atoms with Crippen LogP contribution in [-0.4, -0.2) is 20.6 Å². The Balaban J connectivity index is 2.57. The minimum atomic E-state index is -0.257. The van der Waals surface area contributed by atoms with Crippen molar-refractivity contribution in [3.63, 3.8) is 0 Å². The molecule has 2 atom stereocenters. The van der Waals surface area contributed by atoms with Gasteiger partial charge in [0.15, 0.2) is 11.4 Å². The van der Waals surface area contributed by atoms with Gasteiger partial charge in [-0.1, -0.05) is 0 Å². The molecule has 2 unspecified atom stereocenters. The average molecular weight is 252 g/mol. The Labute approximate surface area is 110 Å². The summed E-state index contributed by atoms with van der Waals surface area (Å²) in [5.74, 6) is 0. The first kappa shape index (κ1) is 12.7. The molecule has 2 aromatic heterocycles. The zero-order valence-corrected chi connectivity index (χ0v) is 10.4. The number of imidazole rings is 1. The summed E-state index contributed by atoms with van der Waals surface area (Å²) >= 11 is 0. The summed E-state index contributed by atoms with van der Waals surface area (Å²) in [5, 5.41) is 18.1. The van der Waals surface area contributed by atoms with Crippen molar-refractivity contribution < 1.29 is 0 Å². The molecule has 0 aliphatic rings. The van der Waals surface area contributed by atoms with Gasteiger partial charge in [0.25, 0.3) is 0 Å². The summed E-state index contributed by atoms with van der Waals surface area (Å²) in [4.78, 5) is 7.90. The molecule has 0 radical (unpaired) electrons.